The first-order chi connectivity index (χ1) is 7.70. The van der Waals surface area contributed by atoms with Crippen LogP contribution < -0.4 is 9.47 Å². The van der Waals surface area contributed by atoms with Gasteiger partial charge in [0.25, 0.3) is 0 Å². The van der Waals surface area contributed by atoms with Gasteiger partial charge in [0.1, 0.15) is 0 Å². The standard InChI is InChI=1S/C12H12O4/c13-11(14)6-12(3-4-12)8-1-2-9-10(5-8)16-7-15-9/h1-2,5H,3-4,6-7H2,(H,13,14). The predicted octanol–water partition coefficient (Wildman–Crippen LogP) is 1.92. The molecule has 0 radical (unpaired) electrons. The van der Waals surface area contributed by atoms with Gasteiger partial charge < -0.3 is 14.6 Å². The zero-order valence-electron chi connectivity index (χ0n) is 8.73. The second kappa shape index (κ2) is 3.14. The lowest BCUT2D eigenvalue weighted by Gasteiger charge is -2.13. The third-order valence-electron chi connectivity index (χ3n) is 3.33. The zero-order valence-corrected chi connectivity index (χ0v) is 8.73. The predicted molar refractivity (Wildman–Crippen MR) is 55.7 cm³/mol. The molecule has 0 saturated heterocycles. The van der Waals surface area contributed by atoms with Crippen molar-refractivity contribution in [3.05, 3.63) is 23.8 Å². The molecule has 1 aromatic rings. The molecule has 4 nitrogen and oxygen atoms in total. The van der Waals surface area contributed by atoms with Crippen LogP contribution >= 0.6 is 0 Å². The monoisotopic (exact) mass is 220 g/mol. The molecule has 0 aromatic heterocycles. The molecule has 0 amide bonds. The number of benzene rings is 1. The van der Waals surface area contributed by atoms with Gasteiger partial charge in [-0.25, -0.2) is 0 Å². The highest BCUT2D eigenvalue weighted by Gasteiger charge is 2.46. The molecule has 3 rings (SSSR count). The van der Waals surface area contributed by atoms with Crippen LogP contribution in [0.2, 0.25) is 0 Å². The average molecular weight is 220 g/mol. The Bertz CT molecular complexity index is 448. The smallest absolute Gasteiger partial charge is 0.304 e. The second-order valence-corrected chi connectivity index (χ2v) is 4.42. The van der Waals surface area contributed by atoms with E-state index in [4.69, 9.17) is 14.6 Å². The van der Waals surface area contributed by atoms with Crippen LogP contribution in [0, 0.1) is 0 Å². The molecule has 2 aliphatic rings. The molecule has 1 fully saturated rings. The van der Waals surface area contributed by atoms with E-state index in [1.165, 1.54) is 0 Å². The van der Waals surface area contributed by atoms with E-state index in [0.29, 0.717) is 0 Å². The first-order valence-electron chi connectivity index (χ1n) is 5.32. The summed E-state index contributed by atoms with van der Waals surface area (Å²) >= 11 is 0. The summed E-state index contributed by atoms with van der Waals surface area (Å²) < 4.78 is 10.5. The van der Waals surface area contributed by atoms with Gasteiger partial charge in [-0.3, -0.25) is 4.79 Å². The number of hydrogen-bond acceptors (Lipinski definition) is 3. The largest absolute Gasteiger partial charge is 0.481 e. The van der Waals surface area contributed by atoms with Crippen LogP contribution in [0.25, 0.3) is 0 Å². The molecule has 1 aromatic carbocycles. The Balaban J connectivity index is 1.92. The van der Waals surface area contributed by atoms with Crippen molar-refractivity contribution in [2.75, 3.05) is 6.79 Å². The minimum atomic E-state index is -0.741. The maximum Gasteiger partial charge on any atom is 0.304 e. The van der Waals surface area contributed by atoms with Gasteiger partial charge >= 0.3 is 5.97 Å². The number of carbonyl (C=O) groups is 1. The lowest BCUT2D eigenvalue weighted by atomic mass is 9.92. The molecule has 0 atom stereocenters. The van der Waals surface area contributed by atoms with E-state index in [2.05, 4.69) is 0 Å². The van der Waals surface area contributed by atoms with Gasteiger partial charge in [0, 0.05) is 5.41 Å². The van der Waals surface area contributed by atoms with Crippen LogP contribution in [0.1, 0.15) is 24.8 Å². The van der Waals surface area contributed by atoms with E-state index in [-0.39, 0.29) is 18.6 Å². The molecule has 1 N–H and O–H groups in total. The van der Waals surface area contributed by atoms with E-state index in [9.17, 15) is 4.79 Å². The topological polar surface area (TPSA) is 55.8 Å². The zero-order chi connectivity index (χ0) is 11.2. The molecule has 0 unspecified atom stereocenters. The van der Waals surface area contributed by atoms with Gasteiger partial charge in [0.05, 0.1) is 6.42 Å². The van der Waals surface area contributed by atoms with Crippen LogP contribution in [-0.4, -0.2) is 17.9 Å². The van der Waals surface area contributed by atoms with Crippen molar-refractivity contribution >= 4 is 5.97 Å². The van der Waals surface area contributed by atoms with E-state index >= 15 is 0 Å². The van der Waals surface area contributed by atoms with E-state index in [1.54, 1.807) is 0 Å². The maximum absolute atomic E-state index is 10.8. The van der Waals surface area contributed by atoms with Crippen molar-refractivity contribution in [3.8, 4) is 11.5 Å². The molecule has 16 heavy (non-hydrogen) atoms. The molecule has 1 aliphatic carbocycles. The van der Waals surface area contributed by atoms with Crippen LogP contribution in [0.15, 0.2) is 18.2 Å². The molecular weight excluding hydrogens is 208 g/mol. The van der Waals surface area contributed by atoms with Crippen LogP contribution in [0.3, 0.4) is 0 Å². The summed E-state index contributed by atoms with van der Waals surface area (Å²) in [5, 5.41) is 8.89. The van der Waals surface area contributed by atoms with Crippen molar-refractivity contribution in [2.45, 2.75) is 24.7 Å². The van der Waals surface area contributed by atoms with Crippen molar-refractivity contribution in [2.24, 2.45) is 0 Å². The summed E-state index contributed by atoms with van der Waals surface area (Å²) in [6.07, 6.45) is 2.09. The third kappa shape index (κ3) is 1.41. The minimum absolute atomic E-state index is 0.160. The highest BCUT2D eigenvalue weighted by Crippen LogP contribution is 2.52. The Morgan fingerprint density at radius 2 is 2.06 bits per heavy atom. The Hall–Kier alpha value is -1.71. The third-order valence-corrected chi connectivity index (χ3v) is 3.33. The molecule has 0 bridgehead atoms. The first kappa shape index (κ1) is 9.51. The van der Waals surface area contributed by atoms with E-state index in [0.717, 1.165) is 29.9 Å². The molecule has 84 valence electrons. The summed E-state index contributed by atoms with van der Waals surface area (Å²) in [4.78, 5) is 10.8. The van der Waals surface area contributed by atoms with Crippen molar-refractivity contribution in [1.29, 1.82) is 0 Å². The molecule has 0 spiro atoms. The van der Waals surface area contributed by atoms with Gasteiger partial charge in [-0.1, -0.05) is 6.07 Å². The maximum atomic E-state index is 10.8. The summed E-state index contributed by atoms with van der Waals surface area (Å²) in [5.74, 6) is 0.735. The van der Waals surface area contributed by atoms with Crippen LogP contribution in [0.5, 0.6) is 11.5 Å². The molecule has 1 heterocycles. The summed E-state index contributed by atoms with van der Waals surface area (Å²) in [6, 6.07) is 5.72. The summed E-state index contributed by atoms with van der Waals surface area (Å²) in [5.41, 5.74) is 0.895. The van der Waals surface area contributed by atoms with Crippen molar-refractivity contribution < 1.29 is 19.4 Å². The number of carboxylic acids is 1. The summed E-state index contributed by atoms with van der Waals surface area (Å²) in [7, 11) is 0. The van der Waals surface area contributed by atoms with Gasteiger partial charge in [-0.2, -0.15) is 0 Å². The first-order valence-corrected chi connectivity index (χ1v) is 5.32. The molecule has 1 saturated carbocycles. The molecular formula is C12H12O4. The fraction of sp³-hybridized carbons (Fsp3) is 0.417. The highest BCUT2D eigenvalue weighted by molar-refractivity contribution is 5.70. The van der Waals surface area contributed by atoms with Gasteiger partial charge in [-0.15, -0.1) is 0 Å². The Morgan fingerprint density at radius 1 is 1.31 bits per heavy atom. The lowest BCUT2D eigenvalue weighted by Crippen LogP contribution is -2.12. The SMILES string of the molecule is O=C(O)CC1(c2ccc3c(c2)OCO3)CC1. The number of carboxylic acid groups (broad SMARTS) is 1. The van der Waals surface area contributed by atoms with Gasteiger partial charge in [-0.05, 0) is 30.5 Å². The molecule has 1 aliphatic heterocycles. The summed E-state index contributed by atoms with van der Waals surface area (Å²) in [6.45, 7) is 0.255. The van der Waals surface area contributed by atoms with Crippen LogP contribution in [-0.2, 0) is 10.2 Å². The Morgan fingerprint density at radius 3 is 2.75 bits per heavy atom. The number of hydrogen-bond donors (Lipinski definition) is 1. The number of ether oxygens (including phenoxy) is 2. The van der Waals surface area contributed by atoms with Crippen molar-refractivity contribution in [1.82, 2.24) is 0 Å². The Labute approximate surface area is 92.8 Å². The second-order valence-electron chi connectivity index (χ2n) is 4.42. The fourth-order valence-corrected chi connectivity index (χ4v) is 2.23. The Kier molecular flexibility index (Phi) is 1.87. The van der Waals surface area contributed by atoms with Crippen molar-refractivity contribution in [3.63, 3.8) is 0 Å². The van der Waals surface area contributed by atoms with Gasteiger partial charge in [0.2, 0.25) is 6.79 Å². The molecule has 4 heteroatoms. The number of rotatable bonds is 3. The normalized spacial score (nSPS) is 19.5. The quantitative estimate of drug-likeness (QED) is 0.845. The van der Waals surface area contributed by atoms with Gasteiger partial charge in [0.15, 0.2) is 11.5 Å². The minimum Gasteiger partial charge on any atom is -0.481 e. The number of aliphatic carboxylic acids is 1. The van der Waals surface area contributed by atoms with E-state index < -0.39 is 5.97 Å². The van der Waals surface area contributed by atoms with Crippen LogP contribution in [0.4, 0.5) is 0 Å². The number of fused-ring (bicyclic) bond motifs is 1. The average Bonchev–Trinajstić information content (AvgIpc) is 2.87. The fourth-order valence-electron chi connectivity index (χ4n) is 2.23. The highest BCUT2D eigenvalue weighted by atomic mass is 16.7. The van der Waals surface area contributed by atoms with E-state index in [1.807, 2.05) is 18.2 Å². The lowest BCUT2D eigenvalue weighted by molar-refractivity contribution is -0.137.